The topological polar surface area (TPSA) is 63.9 Å². The van der Waals surface area contributed by atoms with E-state index in [1.165, 1.54) is 11.1 Å². The summed E-state index contributed by atoms with van der Waals surface area (Å²) in [7, 11) is 0. The van der Waals surface area contributed by atoms with E-state index in [2.05, 4.69) is 29.2 Å². The molecule has 110 valence electrons. The predicted octanol–water partition coefficient (Wildman–Crippen LogP) is 0.190. The maximum atomic E-state index is 9.75. The molecule has 4 nitrogen and oxygen atoms in total. The monoisotopic (exact) mass is 277 g/mol. The summed E-state index contributed by atoms with van der Waals surface area (Å²) in [5.41, 5.74) is 2.89. The first-order chi connectivity index (χ1) is 9.63. The second kappa shape index (κ2) is 5.82. The van der Waals surface area contributed by atoms with Crippen LogP contribution in [0.1, 0.15) is 17.5 Å². The molecule has 2 unspecified atom stereocenters. The van der Waals surface area contributed by atoms with Crippen molar-refractivity contribution in [1.29, 1.82) is 0 Å². The average Bonchev–Trinajstić information content (AvgIpc) is 2.44. The summed E-state index contributed by atoms with van der Waals surface area (Å²) in [5.74, 6) is 0.569. The number of likely N-dealkylation sites (tertiary alicyclic amines) is 1. The summed E-state index contributed by atoms with van der Waals surface area (Å²) >= 11 is 0. The molecule has 1 aliphatic heterocycles. The highest BCUT2D eigenvalue weighted by Crippen LogP contribution is 2.26. The Hall–Kier alpha value is -0.940. The van der Waals surface area contributed by atoms with E-state index in [9.17, 15) is 15.3 Å². The van der Waals surface area contributed by atoms with Crippen molar-refractivity contribution in [2.75, 3.05) is 19.6 Å². The molecule has 1 aromatic rings. The smallest absolute Gasteiger partial charge is 0.108 e. The van der Waals surface area contributed by atoms with Gasteiger partial charge in [-0.25, -0.2) is 0 Å². The van der Waals surface area contributed by atoms with Crippen LogP contribution in [0.4, 0.5) is 0 Å². The van der Waals surface area contributed by atoms with Gasteiger partial charge in [0.25, 0.3) is 0 Å². The van der Waals surface area contributed by atoms with E-state index in [0.29, 0.717) is 19.0 Å². The van der Waals surface area contributed by atoms with Gasteiger partial charge in [0.1, 0.15) is 6.10 Å². The molecular weight excluding hydrogens is 254 g/mol. The number of aryl methyl sites for hydroxylation is 1. The first kappa shape index (κ1) is 14.0. The first-order valence-corrected chi connectivity index (χ1v) is 7.47. The lowest BCUT2D eigenvalue weighted by Crippen LogP contribution is -2.56. The van der Waals surface area contributed by atoms with Gasteiger partial charge in [-0.2, -0.15) is 0 Å². The highest BCUT2D eigenvalue weighted by Gasteiger charge is 2.34. The average molecular weight is 277 g/mol. The number of rotatable bonds is 2. The Morgan fingerprint density at radius 1 is 1.00 bits per heavy atom. The molecule has 20 heavy (non-hydrogen) atoms. The van der Waals surface area contributed by atoms with Crippen LogP contribution in [0.25, 0.3) is 0 Å². The number of nitrogens with zero attached hydrogens (tertiary/aromatic N) is 1. The Kier molecular flexibility index (Phi) is 4.08. The number of β-amino-alcohol motifs (C(OH)–C–C–N with tert-alkyl or cyclic N) is 2. The number of piperidine rings is 1. The zero-order chi connectivity index (χ0) is 14.1. The van der Waals surface area contributed by atoms with Crippen LogP contribution < -0.4 is 0 Å². The zero-order valence-electron chi connectivity index (χ0n) is 11.7. The Balaban J connectivity index is 1.60. The Morgan fingerprint density at radius 2 is 1.65 bits per heavy atom. The van der Waals surface area contributed by atoms with Crippen molar-refractivity contribution < 1.29 is 15.3 Å². The molecule has 1 fully saturated rings. The Bertz CT molecular complexity index is 453. The predicted molar refractivity (Wildman–Crippen MR) is 76.4 cm³/mol. The van der Waals surface area contributed by atoms with E-state index in [-0.39, 0.29) is 0 Å². The third kappa shape index (κ3) is 2.88. The molecular formula is C16H23NO3. The highest BCUT2D eigenvalue weighted by molar-refractivity contribution is 5.29. The lowest BCUT2D eigenvalue weighted by molar-refractivity contribution is -0.112. The molecule has 4 atom stereocenters. The fourth-order valence-corrected chi connectivity index (χ4v) is 3.52. The van der Waals surface area contributed by atoms with Crippen LogP contribution in [0.15, 0.2) is 24.3 Å². The second-order valence-electron chi connectivity index (χ2n) is 6.22. The number of benzene rings is 1. The van der Waals surface area contributed by atoms with Crippen LogP contribution in [0.2, 0.25) is 0 Å². The molecule has 4 heteroatoms. The van der Waals surface area contributed by atoms with Gasteiger partial charge in [-0.1, -0.05) is 24.3 Å². The standard InChI is InChI=1S/C16H23NO3/c18-14-9-17(10-15(19)16(14)20)8-11-5-6-12-3-1-2-4-13(12)7-11/h1-4,11,14-16,18-20H,5-10H2/t11?,14-,15+,16?. The van der Waals surface area contributed by atoms with Gasteiger partial charge < -0.3 is 15.3 Å². The van der Waals surface area contributed by atoms with Crippen molar-refractivity contribution in [2.24, 2.45) is 5.92 Å². The molecule has 1 aromatic carbocycles. The van der Waals surface area contributed by atoms with Gasteiger partial charge in [0, 0.05) is 19.6 Å². The minimum atomic E-state index is -1.00. The number of hydrogen-bond donors (Lipinski definition) is 3. The summed E-state index contributed by atoms with van der Waals surface area (Å²) in [6.45, 7) is 1.79. The molecule has 0 aromatic heterocycles. The molecule has 0 radical (unpaired) electrons. The van der Waals surface area contributed by atoms with Crippen molar-refractivity contribution in [1.82, 2.24) is 4.90 Å². The summed E-state index contributed by atoms with van der Waals surface area (Å²) in [4.78, 5) is 2.08. The van der Waals surface area contributed by atoms with Gasteiger partial charge in [0.2, 0.25) is 0 Å². The summed E-state index contributed by atoms with van der Waals surface area (Å²) in [6.07, 6.45) is 0.661. The van der Waals surface area contributed by atoms with Gasteiger partial charge in [-0.05, 0) is 36.3 Å². The summed E-state index contributed by atoms with van der Waals surface area (Å²) < 4.78 is 0. The summed E-state index contributed by atoms with van der Waals surface area (Å²) in [5, 5.41) is 29.1. The van der Waals surface area contributed by atoms with Crippen LogP contribution in [-0.4, -0.2) is 58.2 Å². The molecule has 3 N–H and O–H groups in total. The van der Waals surface area contributed by atoms with Crippen molar-refractivity contribution in [3.63, 3.8) is 0 Å². The van der Waals surface area contributed by atoms with E-state index >= 15 is 0 Å². The molecule has 2 aliphatic rings. The van der Waals surface area contributed by atoms with Gasteiger partial charge in [0.15, 0.2) is 0 Å². The van der Waals surface area contributed by atoms with E-state index in [4.69, 9.17) is 0 Å². The van der Waals surface area contributed by atoms with Crippen molar-refractivity contribution in [2.45, 2.75) is 37.6 Å². The Labute approximate surface area is 119 Å². The largest absolute Gasteiger partial charge is 0.389 e. The lowest BCUT2D eigenvalue weighted by Gasteiger charge is -2.39. The van der Waals surface area contributed by atoms with E-state index < -0.39 is 18.3 Å². The highest BCUT2D eigenvalue weighted by atomic mass is 16.4. The zero-order valence-corrected chi connectivity index (χ0v) is 11.7. The second-order valence-corrected chi connectivity index (χ2v) is 6.22. The molecule has 0 spiro atoms. The molecule has 0 saturated carbocycles. The van der Waals surface area contributed by atoms with Crippen molar-refractivity contribution >= 4 is 0 Å². The van der Waals surface area contributed by atoms with Crippen LogP contribution in [0, 0.1) is 5.92 Å². The lowest BCUT2D eigenvalue weighted by atomic mass is 9.83. The van der Waals surface area contributed by atoms with E-state index in [0.717, 1.165) is 25.8 Å². The number of aliphatic hydroxyl groups excluding tert-OH is 3. The molecule has 3 rings (SSSR count). The van der Waals surface area contributed by atoms with E-state index in [1.54, 1.807) is 0 Å². The minimum absolute atomic E-state index is 0.455. The van der Waals surface area contributed by atoms with Gasteiger partial charge in [-0.3, -0.25) is 4.90 Å². The van der Waals surface area contributed by atoms with Gasteiger partial charge >= 0.3 is 0 Å². The third-order valence-electron chi connectivity index (χ3n) is 4.64. The Morgan fingerprint density at radius 3 is 2.35 bits per heavy atom. The van der Waals surface area contributed by atoms with Crippen molar-refractivity contribution in [3.8, 4) is 0 Å². The van der Waals surface area contributed by atoms with Crippen LogP contribution in [-0.2, 0) is 12.8 Å². The maximum Gasteiger partial charge on any atom is 0.108 e. The molecule has 0 bridgehead atoms. The van der Waals surface area contributed by atoms with E-state index in [1.807, 2.05) is 0 Å². The quantitative estimate of drug-likeness (QED) is 0.722. The number of fused-ring (bicyclic) bond motifs is 1. The van der Waals surface area contributed by atoms with Crippen LogP contribution in [0.5, 0.6) is 0 Å². The summed E-state index contributed by atoms with van der Waals surface area (Å²) in [6, 6.07) is 8.59. The molecule has 0 amide bonds. The fraction of sp³-hybridized carbons (Fsp3) is 0.625. The minimum Gasteiger partial charge on any atom is -0.389 e. The number of hydrogen-bond acceptors (Lipinski definition) is 4. The molecule has 1 aliphatic carbocycles. The third-order valence-corrected chi connectivity index (χ3v) is 4.64. The van der Waals surface area contributed by atoms with Crippen LogP contribution >= 0.6 is 0 Å². The normalized spacial score (nSPS) is 34.8. The van der Waals surface area contributed by atoms with Gasteiger partial charge in [0.05, 0.1) is 12.2 Å². The SMILES string of the molecule is OC1[C@H](O)CN(CC2CCc3ccccc3C2)C[C@@H]1O. The molecule has 1 heterocycles. The first-order valence-electron chi connectivity index (χ1n) is 7.47. The van der Waals surface area contributed by atoms with Gasteiger partial charge in [-0.15, -0.1) is 0 Å². The molecule has 1 saturated heterocycles. The fourth-order valence-electron chi connectivity index (χ4n) is 3.52. The number of aliphatic hydroxyl groups is 3. The maximum absolute atomic E-state index is 9.75. The van der Waals surface area contributed by atoms with Crippen molar-refractivity contribution in [3.05, 3.63) is 35.4 Å². The van der Waals surface area contributed by atoms with Crippen LogP contribution in [0.3, 0.4) is 0 Å².